The summed E-state index contributed by atoms with van der Waals surface area (Å²) in [5.74, 6) is 0.506. The zero-order chi connectivity index (χ0) is 14.7. The number of ether oxygens (including phenoxy) is 1. The van der Waals surface area contributed by atoms with Gasteiger partial charge in [-0.3, -0.25) is 0 Å². The number of nitrogens with zero attached hydrogens (tertiary/aromatic N) is 1. The molecule has 2 rings (SSSR count). The third-order valence-electron chi connectivity index (χ3n) is 3.29. The Balaban J connectivity index is 2.48. The SMILES string of the molecule is COc1cccc(N(C)c2ccc(F)cc2)c1[C@H](C)N. The Morgan fingerprint density at radius 1 is 1.15 bits per heavy atom. The van der Waals surface area contributed by atoms with Crippen molar-refractivity contribution in [2.24, 2.45) is 5.73 Å². The van der Waals surface area contributed by atoms with Gasteiger partial charge < -0.3 is 15.4 Å². The maximum absolute atomic E-state index is 13.0. The van der Waals surface area contributed by atoms with Crippen LogP contribution in [-0.2, 0) is 0 Å². The van der Waals surface area contributed by atoms with Crippen LogP contribution in [-0.4, -0.2) is 14.2 Å². The van der Waals surface area contributed by atoms with Gasteiger partial charge in [0.15, 0.2) is 0 Å². The molecule has 0 unspecified atom stereocenters. The Kier molecular flexibility index (Phi) is 4.25. The lowest BCUT2D eigenvalue weighted by Gasteiger charge is -2.25. The maximum Gasteiger partial charge on any atom is 0.125 e. The average Bonchev–Trinajstić information content (AvgIpc) is 2.46. The number of rotatable bonds is 4. The molecule has 3 nitrogen and oxygen atoms in total. The molecule has 0 aliphatic carbocycles. The number of hydrogen-bond donors (Lipinski definition) is 1. The molecule has 0 bridgehead atoms. The van der Waals surface area contributed by atoms with Gasteiger partial charge in [-0.05, 0) is 43.3 Å². The van der Waals surface area contributed by atoms with E-state index >= 15 is 0 Å². The fourth-order valence-electron chi connectivity index (χ4n) is 2.26. The Morgan fingerprint density at radius 3 is 2.35 bits per heavy atom. The fraction of sp³-hybridized carbons (Fsp3) is 0.250. The third kappa shape index (κ3) is 2.75. The molecule has 106 valence electrons. The van der Waals surface area contributed by atoms with Gasteiger partial charge >= 0.3 is 0 Å². The minimum Gasteiger partial charge on any atom is -0.496 e. The monoisotopic (exact) mass is 274 g/mol. The lowest BCUT2D eigenvalue weighted by Crippen LogP contribution is -2.16. The van der Waals surface area contributed by atoms with Crippen LogP contribution < -0.4 is 15.4 Å². The summed E-state index contributed by atoms with van der Waals surface area (Å²) < 4.78 is 18.4. The first-order valence-electron chi connectivity index (χ1n) is 6.46. The summed E-state index contributed by atoms with van der Waals surface area (Å²) in [6.07, 6.45) is 0. The molecule has 2 aromatic carbocycles. The zero-order valence-electron chi connectivity index (χ0n) is 11.9. The molecule has 0 amide bonds. The molecule has 2 aromatic rings. The molecule has 0 aliphatic heterocycles. The van der Waals surface area contributed by atoms with E-state index in [1.54, 1.807) is 19.2 Å². The molecule has 0 spiro atoms. The van der Waals surface area contributed by atoms with Crippen LogP contribution in [0.3, 0.4) is 0 Å². The smallest absolute Gasteiger partial charge is 0.125 e. The van der Waals surface area contributed by atoms with Gasteiger partial charge in [0.05, 0.1) is 7.11 Å². The van der Waals surface area contributed by atoms with Gasteiger partial charge in [-0.1, -0.05) is 6.07 Å². The number of nitrogens with two attached hydrogens (primary N) is 1. The summed E-state index contributed by atoms with van der Waals surface area (Å²) >= 11 is 0. The minimum atomic E-state index is -0.250. The van der Waals surface area contributed by atoms with Crippen LogP contribution >= 0.6 is 0 Å². The van der Waals surface area contributed by atoms with Crippen LogP contribution in [0.5, 0.6) is 5.75 Å². The number of anilines is 2. The standard InChI is InChI=1S/C16H19FN2O/c1-11(18)16-14(5-4-6-15(16)20-3)19(2)13-9-7-12(17)8-10-13/h4-11H,18H2,1-3H3/t11-/m0/s1. The van der Waals surface area contributed by atoms with Gasteiger partial charge in [0.25, 0.3) is 0 Å². The van der Waals surface area contributed by atoms with E-state index in [4.69, 9.17) is 10.5 Å². The van der Waals surface area contributed by atoms with Crippen LogP contribution in [0.2, 0.25) is 0 Å². The average molecular weight is 274 g/mol. The highest BCUT2D eigenvalue weighted by atomic mass is 19.1. The van der Waals surface area contributed by atoms with Crippen molar-refractivity contribution in [2.75, 3.05) is 19.1 Å². The zero-order valence-corrected chi connectivity index (χ0v) is 11.9. The van der Waals surface area contributed by atoms with Crippen molar-refractivity contribution in [3.8, 4) is 5.75 Å². The predicted octanol–water partition coefficient (Wildman–Crippen LogP) is 3.62. The van der Waals surface area contributed by atoms with Crippen molar-refractivity contribution in [3.63, 3.8) is 0 Å². The van der Waals surface area contributed by atoms with Crippen molar-refractivity contribution < 1.29 is 9.13 Å². The minimum absolute atomic E-state index is 0.163. The summed E-state index contributed by atoms with van der Waals surface area (Å²) in [7, 11) is 3.55. The Morgan fingerprint density at radius 2 is 1.80 bits per heavy atom. The fourth-order valence-corrected chi connectivity index (χ4v) is 2.26. The van der Waals surface area contributed by atoms with E-state index in [2.05, 4.69) is 0 Å². The first kappa shape index (κ1) is 14.3. The van der Waals surface area contributed by atoms with E-state index in [1.165, 1.54) is 12.1 Å². The second-order valence-corrected chi connectivity index (χ2v) is 4.72. The first-order chi connectivity index (χ1) is 9.54. The van der Waals surface area contributed by atoms with Gasteiger partial charge in [0.1, 0.15) is 11.6 Å². The molecule has 2 N–H and O–H groups in total. The molecule has 0 saturated carbocycles. The number of hydrogen-bond acceptors (Lipinski definition) is 3. The molecule has 0 aromatic heterocycles. The van der Waals surface area contributed by atoms with Crippen molar-refractivity contribution in [2.45, 2.75) is 13.0 Å². The molecular formula is C16H19FN2O. The summed E-state index contributed by atoms with van der Waals surface area (Å²) in [5.41, 5.74) is 8.84. The topological polar surface area (TPSA) is 38.5 Å². The van der Waals surface area contributed by atoms with Crippen LogP contribution in [0.15, 0.2) is 42.5 Å². The third-order valence-corrected chi connectivity index (χ3v) is 3.29. The van der Waals surface area contributed by atoms with E-state index in [9.17, 15) is 4.39 Å². The Hall–Kier alpha value is -2.07. The molecule has 0 heterocycles. The summed E-state index contributed by atoms with van der Waals surface area (Å²) in [5, 5.41) is 0. The molecule has 0 fully saturated rings. The van der Waals surface area contributed by atoms with Crippen molar-refractivity contribution >= 4 is 11.4 Å². The number of methoxy groups -OCH3 is 1. The van der Waals surface area contributed by atoms with Crippen LogP contribution in [0.25, 0.3) is 0 Å². The molecule has 0 saturated heterocycles. The highest BCUT2D eigenvalue weighted by Crippen LogP contribution is 2.36. The van der Waals surface area contributed by atoms with E-state index < -0.39 is 0 Å². The van der Waals surface area contributed by atoms with E-state index in [1.807, 2.05) is 37.1 Å². The molecule has 0 radical (unpaired) electrons. The Labute approximate surface area is 118 Å². The second kappa shape index (κ2) is 5.92. The molecular weight excluding hydrogens is 255 g/mol. The van der Waals surface area contributed by atoms with Crippen LogP contribution in [0.4, 0.5) is 15.8 Å². The lowest BCUT2D eigenvalue weighted by atomic mass is 10.0. The summed E-state index contributed by atoms with van der Waals surface area (Å²) in [6.45, 7) is 1.92. The van der Waals surface area contributed by atoms with Gasteiger partial charge in [0, 0.05) is 30.0 Å². The van der Waals surface area contributed by atoms with E-state index in [0.717, 1.165) is 22.7 Å². The van der Waals surface area contributed by atoms with Crippen molar-refractivity contribution in [1.29, 1.82) is 0 Å². The van der Waals surface area contributed by atoms with Gasteiger partial charge in [-0.25, -0.2) is 4.39 Å². The number of halogens is 1. The molecule has 4 heteroatoms. The second-order valence-electron chi connectivity index (χ2n) is 4.72. The molecule has 20 heavy (non-hydrogen) atoms. The van der Waals surface area contributed by atoms with Crippen LogP contribution in [0.1, 0.15) is 18.5 Å². The largest absolute Gasteiger partial charge is 0.496 e. The number of benzene rings is 2. The van der Waals surface area contributed by atoms with Crippen molar-refractivity contribution in [1.82, 2.24) is 0 Å². The quantitative estimate of drug-likeness (QED) is 0.925. The van der Waals surface area contributed by atoms with E-state index in [0.29, 0.717) is 0 Å². The van der Waals surface area contributed by atoms with Crippen LogP contribution in [0, 0.1) is 5.82 Å². The van der Waals surface area contributed by atoms with Crippen molar-refractivity contribution in [3.05, 3.63) is 53.8 Å². The molecule has 0 aliphatic rings. The summed E-state index contributed by atoms with van der Waals surface area (Å²) in [4.78, 5) is 1.97. The first-order valence-corrected chi connectivity index (χ1v) is 6.46. The Bertz CT molecular complexity index is 582. The van der Waals surface area contributed by atoms with E-state index in [-0.39, 0.29) is 11.9 Å². The highest BCUT2D eigenvalue weighted by Gasteiger charge is 2.16. The highest BCUT2D eigenvalue weighted by molar-refractivity contribution is 5.69. The lowest BCUT2D eigenvalue weighted by molar-refractivity contribution is 0.407. The van der Waals surface area contributed by atoms with Gasteiger partial charge in [-0.2, -0.15) is 0 Å². The maximum atomic E-state index is 13.0. The molecule has 1 atom stereocenters. The normalized spacial score (nSPS) is 12.1. The van der Waals surface area contributed by atoms with Gasteiger partial charge in [0.2, 0.25) is 0 Å². The summed E-state index contributed by atoms with van der Waals surface area (Å²) in [6, 6.07) is 12.0. The predicted molar refractivity (Wildman–Crippen MR) is 80.1 cm³/mol. The van der Waals surface area contributed by atoms with Gasteiger partial charge in [-0.15, -0.1) is 0 Å².